The van der Waals surface area contributed by atoms with Gasteiger partial charge in [0.25, 0.3) is 0 Å². The molecule has 17 heavy (non-hydrogen) atoms. The van der Waals surface area contributed by atoms with Crippen LogP contribution in [0.3, 0.4) is 0 Å². The topological polar surface area (TPSA) is 87.3 Å². The van der Waals surface area contributed by atoms with Crippen molar-refractivity contribution < 1.29 is 17.1 Å². The quantitative estimate of drug-likeness (QED) is 0.161. The third-order valence-electron chi connectivity index (χ3n) is 1.44. The van der Waals surface area contributed by atoms with Crippen molar-refractivity contribution >= 4 is 30.5 Å². The molecule has 0 aliphatic heterocycles. The smallest absolute Gasteiger partial charge is 0.751 e. The minimum absolute atomic E-state index is 0. The molecule has 0 bridgehead atoms. The van der Waals surface area contributed by atoms with Crippen LogP contribution in [-0.2, 0) is 29.7 Å². The zero-order valence-corrected chi connectivity index (χ0v) is 11.9. The summed E-state index contributed by atoms with van der Waals surface area (Å²) in [6, 6.07) is 0. The van der Waals surface area contributed by atoms with Gasteiger partial charge in [-0.15, -0.1) is 0 Å². The van der Waals surface area contributed by atoms with E-state index in [0.29, 0.717) is 11.7 Å². The summed E-state index contributed by atoms with van der Waals surface area (Å²) in [4.78, 5) is 0. The number of nitrogens with one attached hydrogen (secondary N) is 3. The molecule has 0 aromatic carbocycles. The summed E-state index contributed by atoms with van der Waals surface area (Å²) < 4.78 is 0. The Kier molecular flexibility index (Phi) is 12.8. The molecule has 1 radical (unpaired) electrons. The molecule has 0 aromatic heterocycles. The van der Waals surface area contributed by atoms with Crippen LogP contribution in [0.4, 0.5) is 0 Å². The maximum absolute atomic E-state index is 4.91. The fourth-order valence-electron chi connectivity index (χ4n) is 0.622. The van der Waals surface area contributed by atoms with Crippen LogP contribution in [0.1, 0.15) is 6.92 Å². The Morgan fingerprint density at radius 3 is 2.47 bits per heavy atom. The Hall–Kier alpha value is -0.761. The third kappa shape index (κ3) is 10.1. The summed E-state index contributed by atoms with van der Waals surface area (Å²) in [5.41, 5.74) is 3.02. The Morgan fingerprint density at radius 1 is 1.35 bits per heavy atom. The van der Waals surface area contributed by atoms with Gasteiger partial charge < -0.3 is 34.0 Å². The van der Waals surface area contributed by atoms with Gasteiger partial charge >= 0.3 is 17.1 Å². The van der Waals surface area contributed by atoms with E-state index >= 15 is 0 Å². The van der Waals surface area contributed by atoms with Crippen molar-refractivity contribution in [3.63, 3.8) is 0 Å². The van der Waals surface area contributed by atoms with Gasteiger partial charge in [0.05, 0.1) is 11.9 Å². The summed E-state index contributed by atoms with van der Waals surface area (Å²) >= 11 is 4.91. The van der Waals surface area contributed by atoms with Crippen LogP contribution < -0.4 is 16.1 Å². The van der Waals surface area contributed by atoms with E-state index in [0.717, 1.165) is 0 Å². The molecule has 1 atom stereocenters. The van der Waals surface area contributed by atoms with Crippen molar-refractivity contribution in [2.75, 3.05) is 21.1 Å². The van der Waals surface area contributed by atoms with E-state index in [1.54, 1.807) is 28.1 Å². The Balaban J connectivity index is 0. The number of hydrogen-bond donors (Lipinski definition) is 3. The van der Waals surface area contributed by atoms with Gasteiger partial charge in [0.1, 0.15) is 0 Å². The van der Waals surface area contributed by atoms with Gasteiger partial charge in [0.2, 0.25) is 0 Å². The molecule has 0 rings (SSSR count). The number of guanidine groups is 1. The molecule has 7 nitrogen and oxygen atoms in total. The molecule has 0 heterocycles. The summed E-state index contributed by atoms with van der Waals surface area (Å²) in [5.74, 6) is 0.456. The molecule has 0 aliphatic carbocycles. The van der Waals surface area contributed by atoms with Gasteiger partial charge in [-0.25, -0.2) is 5.10 Å². The molecule has 0 saturated heterocycles. The van der Waals surface area contributed by atoms with E-state index in [1.807, 2.05) is 0 Å². The van der Waals surface area contributed by atoms with Crippen LogP contribution in [0.2, 0.25) is 0 Å². The minimum atomic E-state index is -0.300. The van der Waals surface area contributed by atoms with Crippen LogP contribution in [0.25, 0.3) is 5.32 Å². The average molecular weight is 307 g/mol. The van der Waals surface area contributed by atoms with Gasteiger partial charge in [-0.3, -0.25) is 5.10 Å². The third-order valence-corrected chi connectivity index (χ3v) is 1.78. The second-order valence-electron chi connectivity index (χ2n) is 2.69. The molecule has 101 valence electrons. The number of hydrazone groups is 1. The Morgan fingerprint density at radius 2 is 2.00 bits per heavy atom. The first-order chi connectivity index (χ1) is 7.63. The fraction of sp³-hybridized carbons (Fsp3) is 0.625. The number of rotatable bonds is 5. The van der Waals surface area contributed by atoms with Gasteiger partial charge in [-0.1, -0.05) is 0 Å². The van der Waals surface area contributed by atoms with E-state index in [2.05, 4.69) is 36.7 Å². The van der Waals surface area contributed by atoms with E-state index in [1.165, 1.54) is 6.21 Å². The van der Waals surface area contributed by atoms with Gasteiger partial charge in [0.15, 0.2) is 0 Å². The molecule has 1 unspecified atom stereocenters. The predicted molar refractivity (Wildman–Crippen MR) is 70.7 cm³/mol. The van der Waals surface area contributed by atoms with Crippen molar-refractivity contribution in [3.8, 4) is 0 Å². The van der Waals surface area contributed by atoms with Crippen molar-refractivity contribution in [2.45, 2.75) is 12.4 Å². The molecule has 0 saturated carbocycles. The molecule has 9 heteroatoms. The predicted octanol–water partition coefficient (Wildman–Crippen LogP) is -0.436. The average Bonchev–Trinajstić information content (AvgIpc) is 2.30. The molecule has 0 amide bonds. The first-order valence-electron chi connectivity index (χ1n) is 4.65. The van der Waals surface area contributed by atoms with E-state index in [4.69, 9.17) is 12.6 Å². The zero-order chi connectivity index (χ0) is 12.4. The molecule has 0 aliphatic rings. The molecule has 0 fully saturated rings. The van der Waals surface area contributed by atoms with Gasteiger partial charge in [0, 0.05) is 5.96 Å². The summed E-state index contributed by atoms with van der Waals surface area (Å²) in [5, 5.41) is 21.0. The fourth-order valence-corrected chi connectivity index (χ4v) is 0.682. The first-order valence-corrected chi connectivity index (χ1v) is 5.12. The van der Waals surface area contributed by atoms with Crippen molar-refractivity contribution in [1.82, 2.24) is 16.1 Å². The molecule has 0 spiro atoms. The van der Waals surface area contributed by atoms with Crippen molar-refractivity contribution in [1.29, 1.82) is 0 Å². The Labute approximate surface area is 118 Å². The van der Waals surface area contributed by atoms with Crippen LogP contribution in [0.5, 0.6) is 0 Å². The largest absolute Gasteiger partial charge is 2.00 e. The monoisotopic (exact) mass is 306 g/mol. The Bertz CT molecular complexity index is 273. The SMILES string of the molecule is C[N-]\C(=N/N=C(C)/C=N/NC([S-])NC)NC.[Cu+2]. The van der Waals surface area contributed by atoms with Crippen molar-refractivity contribution in [3.05, 3.63) is 5.32 Å². The second-order valence-corrected chi connectivity index (χ2v) is 3.17. The maximum Gasteiger partial charge on any atom is 2.00 e. The molecule has 3 N–H and O–H groups in total. The number of nitrogens with zero attached hydrogens (tertiary/aromatic N) is 4. The van der Waals surface area contributed by atoms with Crippen LogP contribution >= 0.6 is 0 Å². The van der Waals surface area contributed by atoms with Crippen molar-refractivity contribution in [2.24, 2.45) is 15.3 Å². The minimum Gasteiger partial charge on any atom is -0.751 e. The molecular formula is C8H17CuN7S. The first kappa shape index (κ1) is 18.6. The van der Waals surface area contributed by atoms with Crippen LogP contribution in [-0.4, -0.2) is 44.5 Å². The van der Waals surface area contributed by atoms with E-state index in [9.17, 15) is 0 Å². The molecule has 0 aromatic rings. The van der Waals surface area contributed by atoms with Gasteiger partial charge in [-0.2, -0.15) is 5.10 Å². The van der Waals surface area contributed by atoms with Crippen LogP contribution in [0.15, 0.2) is 15.3 Å². The number of hydrogen-bond acceptors (Lipinski definition) is 6. The second kappa shape index (κ2) is 11.7. The normalized spacial score (nSPS) is 14.2. The summed E-state index contributed by atoms with van der Waals surface area (Å²) in [6.07, 6.45) is 1.53. The maximum atomic E-state index is 4.91. The van der Waals surface area contributed by atoms with Crippen LogP contribution in [0, 0.1) is 0 Å². The van der Waals surface area contributed by atoms with E-state index < -0.39 is 0 Å². The standard InChI is InChI=1S/C8H18N7S.Cu/c1-6(5-12-15-8(16)11-4)13-14-7(9-2)10-3;/h5,8,11H,1-4H3,(H3-,9,10,12,13,14,15,16);/q-1;+2/p-1. The summed E-state index contributed by atoms with van der Waals surface area (Å²) in [7, 11) is 5.10. The van der Waals surface area contributed by atoms with E-state index in [-0.39, 0.29) is 22.6 Å². The van der Waals surface area contributed by atoms with Gasteiger partial charge in [-0.05, 0) is 33.6 Å². The summed E-state index contributed by atoms with van der Waals surface area (Å²) in [6.45, 7) is 1.77. The molecular weight excluding hydrogens is 290 g/mol. The zero-order valence-electron chi connectivity index (χ0n) is 10.2.